The normalized spacial score (nSPS) is 22.9. The van der Waals surface area contributed by atoms with E-state index < -0.39 is 17.0 Å². The molecule has 1 fully saturated rings. The van der Waals surface area contributed by atoms with Gasteiger partial charge in [-0.15, -0.1) is 5.10 Å². The van der Waals surface area contributed by atoms with Crippen molar-refractivity contribution in [2.75, 3.05) is 7.05 Å². The summed E-state index contributed by atoms with van der Waals surface area (Å²) in [5, 5.41) is 11.4. The molecular formula is C24H22F2N4O. The van der Waals surface area contributed by atoms with Crippen LogP contribution in [0.25, 0.3) is 11.3 Å². The standard InChI is InChI=1S/C24H22F2N4O/c1-23(2)15-7-9-24(23,19-11-13(8-10-28-19)22(31)27-3)21-14(15)12-18(29-30-21)20-16(25)5-4-6-17(20)26/h4-6,8,10-12,15H,7,9H2,1-3H3,(H,27,31)/t15-,24-/m0/s1. The predicted octanol–water partition coefficient (Wildman–Crippen LogP) is 4.38. The highest BCUT2D eigenvalue weighted by molar-refractivity contribution is 5.94. The molecule has 0 aliphatic heterocycles. The number of nitrogens with one attached hydrogen (secondary N) is 1. The smallest absolute Gasteiger partial charge is 0.251 e. The van der Waals surface area contributed by atoms with Gasteiger partial charge in [-0.3, -0.25) is 9.78 Å². The minimum absolute atomic E-state index is 0.150. The Bertz CT molecular complexity index is 1210. The number of benzene rings is 1. The monoisotopic (exact) mass is 420 g/mol. The molecule has 2 aromatic heterocycles. The summed E-state index contributed by atoms with van der Waals surface area (Å²) in [4.78, 5) is 16.9. The van der Waals surface area contributed by atoms with Gasteiger partial charge in [0, 0.05) is 18.8 Å². The molecule has 1 N–H and O–H groups in total. The number of hydrogen-bond donors (Lipinski definition) is 1. The minimum atomic E-state index is -0.661. The predicted molar refractivity (Wildman–Crippen MR) is 112 cm³/mol. The Morgan fingerprint density at radius 2 is 1.87 bits per heavy atom. The number of carbonyl (C=O) groups excluding carboxylic acids is 1. The summed E-state index contributed by atoms with van der Waals surface area (Å²) in [7, 11) is 1.59. The van der Waals surface area contributed by atoms with Crippen molar-refractivity contribution in [2.45, 2.75) is 38.0 Å². The molecule has 0 spiro atoms. The van der Waals surface area contributed by atoms with Gasteiger partial charge in [0.05, 0.1) is 28.1 Å². The average molecular weight is 420 g/mol. The molecule has 1 saturated carbocycles. The summed E-state index contributed by atoms with van der Waals surface area (Å²) in [6.07, 6.45) is 3.37. The van der Waals surface area contributed by atoms with E-state index >= 15 is 0 Å². The zero-order valence-electron chi connectivity index (χ0n) is 17.5. The lowest BCUT2D eigenvalue weighted by atomic mass is 9.66. The largest absolute Gasteiger partial charge is 0.355 e. The molecule has 0 saturated heterocycles. The van der Waals surface area contributed by atoms with Crippen LogP contribution >= 0.6 is 0 Å². The quantitative estimate of drug-likeness (QED) is 0.683. The van der Waals surface area contributed by atoms with E-state index in [9.17, 15) is 13.6 Å². The van der Waals surface area contributed by atoms with Crippen LogP contribution in [0, 0.1) is 17.0 Å². The van der Waals surface area contributed by atoms with Crippen LogP contribution in [0.1, 0.15) is 59.9 Å². The molecule has 2 aliphatic carbocycles. The van der Waals surface area contributed by atoms with Gasteiger partial charge in [-0.1, -0.05) is 19.9 Å². The van der Waals surface area contributed by atoms with Crippen molar-refractivity contribution in [3.8, 4) is 11.3 Å². The van der Waals surface area contributed by atoms with E-state index in [1.807, 2.05) is 6.07 Å². The van der Waals surface area contributed by atoms with Gasteiger partial charge in [0.1, 0.15) is 11.6 Å². The maximum Gasteiger partial charge on any atom is 0.251 e. The molecule has 0 radical (unpaired) electrons. The fourth-order valence-electron chi connectivity index (χ4n) is 5.71. The molecular weight excluding hydrogens is 398 g/mol. The summed E-state index contributed by atoms with van der Waals surface area (Å²) in [5.74, 6) is -1.35. The minimum Gasteiger partial charge on any atom is -0.355 e. The number of fused-ring (bicyclic) bond motifs is 5. The molecule has 7 heteroatoms. The van der Waals surface area contributed by atoms with Crippen molar-refractivity contribution >= 4 is 5.91 Å². The van der Waals surface area contributed by atoms with Crippen LogP contribution in [0.15, 0.2) is 42.6 Å². The van der Waals surface area contributed by atoms with E-state index in [1.165, 1.54) is 18.2 Å². The number of carbonyl (C=O) groups is 1. The SMILES string of the molecule is CNC(=O)c1ccnc([C@@]23CC[C@@H](c4cc(-c5c(F)cccc5F)nnc42)C3(C)C)c1. The van der Waals surface area contributed by atoms with Gasteiger partial charge >= 0.3 is 0 Å². The second kappa shape index (κ2) is 6.64. The van der Waals surface area contributed by atoms with Crippen LogP contribution in [0.3, 0.4) is 0 Å². The van der Waals surface area contributed by atoms with E-state index in [2.05, 4.69) is 34.3 Å². The Morgan fingerprint density at radius 3 is 2.58 bits per heavy atom. The number of rotatable bonds is 3. The number of nitrogens with zero attached hydrogens (tertiary/aromatic N) is 3. The van der Waals surface area contributed by atoms with Gasteiger partial charge < -0.3 is 5.32 Å². The Kier molecular flexibility index (Phi) is 4.22. The zero-order chi connectivity index (χ0) is 22.0. The number of hydrogen-bond acceptors (Lipinski definition) is 4. The van der Waals surface area contributed by atoms with Gasteiger partial charge in [-0.05, 0) is 60.1 Å². The van der Waals surface area contributed by atoms with Crippen LogP contribution < -0.4 is 5.32 Å². The number of halogens is 2. The fourth-order valence-corrected chi connectivity index (χ4v) is 5.71. The third-order valence-electron chi connectivity index (χ3n) is 7.29. The Labute approximate surface area is 178 Å². The molecule has 5 nitrogen and oxygen atoms in total. The third-order valence-corrected chi connectivity index (χ3v) is 7.29. The van der Waals surface area contributed by atoms with Gasteiger partial charge in [-0.2, -0.15) is 5.10 Å². The molecule has 2 atom stereocenters. The van der Waals surface area contributed by atoms with E-state index in [1.54, 1.807) is 25.4 Å². The first kappa shape index (κ1) is 19.7. The molecule has 1 aromatic carbocycles. The number of aromatic nitrogens is 3. The maximum absolute atomic E-state index is 14.4. The highest BCUT2D eigenvalue weighted by Crippen LogP contribution is 2.69. The third kappa shape index (κ3) is 2.52. The Balaban J connectivity index is 1.70. The van der Waals surface area contributed by atoms with Crippen molar-refractivity contribution in [1.82, 2.24) is 20.5 Å². The molecule has 2 heterocycles. The fraction of sp³-hybridized carbons (Fsp3) is 0.333. The van der Waals surface area contributed by atoms with Gasteiger partial charge in [0.15, 0.2) is 0 Å². The van der Waals surface area contributed by atoms with Crippen LogP contribution in [0.5, 0.6) is 0 Å². The Morgan fingerprint density at radius 1 is 1.13 bits per heavy atom. The first-order valence-corrected chi connectivity index (χ1v) is 10.3. The average Bonchev–Trinajstić information content (AvgIpc) is 3.14. The Hall–Kier alpha value is -3.22. The van der Waals surface area contributed by atoms with E-state index in [0.717, 1.165) is 29.8 Å². The molecule has 31 heavy (non-hydrogen) atoms. The highest BCUT2D eigenvalue weighted by atomic mass is 19.1. The van der Waals surface area contributed by atoms with E-state index in [0.29, 0.717) is 5.56 Å². The lowest BCUT2D eigenvalue weighted by Gasteiger charge is -2.37. The van der Waals surface area contributed by atoms with Crippen LogP contribution in [0.2, 0.25) is 0 Å². The van der Waals surface area contributed by atoms with Crippen molar-refractivity contribution < 1.29 is 13.6 Å². The van der Waals surface area contributed by atoms with Crippen LogP contribution in [0.4, 0.5) is 8.78 Å². The summed E-state index contributed by atoms with van der Waals surface area (Å²) in [6.45, 7) is 4.34. The van der Waals surface area contributed by atoms with Gasteiger partial charge in [0.25, 0.3) is 5.91 Å². The topological polar surface area (TPSA) is 67.8 Å². The summed E-state index contributed by atoms with van der Waals surface area (Å²) in [6, 6.07) is 9.06. The second-order valence-electron chi connectivity index (χ2n) is 8.86. The van der Waals surface area contributed by atoms with Crippen molar-refractivity contribution in [3.63, 3.8) is 0 Å². The first-order chi connectivity index (χ1) is 14.8. The van der Waals surface area contributed by atoms with Crippen molar-refractivity contribution in [1.29, 1.82) is 0 Å². The molecule has 3 aromatic rings. The maximum atomic E-state index is 14.4. The lowest BCUT2D eigenvalue weighted by molar-refractivity contribution is 0.0962. The molecule has 0 unspecified atom stereocenters. The van der Waals surface area contributed by atoms with Crippen molar-refractivity contribution in [2.24, 2.45) is 5.41 Å². The molecule has 2 bridgehead atoms. The van der Waals surface area contributed by atoms with E-state index in [4.69, 9.17) is 0 Å². The number of pyridine rings is 1. The summed E-state index contributed by atoms with van der Waals surface area (Å²) < 4.78 is 28.7. The molecule has 1 amide bonds. The zero-order valence-corrected chi connectivity index (χ0v) is 17.5. The molecule has 5 rings (SSSR count). The second-order valence-corrected chi connectivity index (χ2v) is 8.86. The lowest BCUT2D eigenvalue weighted by Crippen LogP contribution is -2.38. The van der Waals surface area contributed by atoms with Gasteiger partial charge in [-0.25, -0.2) is 8.78 Å². The summed E-state index contributed by atoms with van der Waals surface area (Å²) in [5.41, 5.74) is 2.33. The van der Waals surface area contributed by atoms with Gasteiger partial charge in [0.2, 0.25) is 0 Å². The number of amides is 1. The molecule has 2 aliphatic rings. The summed E-state index contributed by atoms with van der Waals surface area (Å²) >= 11 is 0. The first-order valence-electron chi connectivity index (χ1n) is 10.3. The highest BCUT2D eigenvalue weighted by Gasteiger charge is 2.65. The molecule has 158 valence electrons. The van der Waals surface area contributed by atoms with Crippen LogP contribution in [-0.2, 0) is 5.41 Å². The van der Waals surface area contributed by atoms with E-state index in [-0.39, 0.29) is 28.5 Å². The van der Waals surface area contributed by atoms with Crippen molar-refractivity contribution in [3.05, 3.63) is 76.7 Å². The van der Waals surface area contributed by atoms with Crippen LogP contribution in [-0.4, -0.2) is 28.1 Å².